The van der Waals surface area contributed by atoms with Crippen molar-refractivity contribution in [2.24, 2.45) is 29.1 Å². The van der Waals surface area contributed by atoms with Crippen LogP contribution in [0.3, 0.4) is 0 Å². The molecule has 3 atom stereocenters. The number of ether oxygens (including phenoxy) is 2. The minimum absolute atomic E-state index is 0.265. The van der Waals surface area contributed by atoms with Crippen molar-refractivity contribution in [1.29, 1.82) is 10.5 Å². The van der Waals surface area contributed by atoms with E-state index in [0.717, 1.165) is 48.8 Å². The van der Waals surface area contributed by atoms with E-state index in [-0.39, 0.29) is 17.2 Å². The zero-order chi connectivity index (χ0) is 29.1. The lowest BCUT2D eigenvalue weighted by atomic mass is 9.47. The summed E-state index contributed by atoms with van der Waals surface area (Å²) >= 11 is 0. The molecule has 6 aliphatic rings. The number of benzene rings is 2. The molecule has 5 fully saturated rings. The van der Waals surface area contributed by atoms with E-state index in [1.54, 1.807) is 7.11 Å². The number of ketones is 1. The second-order valence-electron chi connectivity index (χ2n) is 13.5. The van der Waals surface area contributed by atoms with Crippen LogP contribution in [0, 0.1) is 51.7 Å². The van der Waals surface area contributed by atoms with E-state index in [1.165, 1.54) is 19.3 Å². The lowest BCUT2D eigenvalue weighted by Gasteiger charge is -2.57. The molecule has 0 spiro atoms. The topological polar surface area (TPSA) is 86.4 Å². The van der Waals surface area contributed by atoms with E-state index in [9.17, 15) is 10.5 Å². The third-order valence-corrected chi connectivity index (χ3v) is 11.1. The highest BCUT2D eigenvalue weighted by molar-refractivity contribution is 5.91. The molecule has 4 saturated carbocycles. The molecule has 2 aliphatic heterocycles. The lowest BCUT2D eigenvalue weighted by molar-refractivity contribution is -0.149. The Morgan fingerprint density at radius 2 is 1.69 bits per heavy atom. The van der Waals surface area contributed by atoms with Gasteiger partial charge in [0.05, 0.1) is 25.7 Å². The first-order valence-electron chi connectivity index (χ1n) is 15.7. The van der Waals surface area contributed by atoms with E-state index in [4.69, 9.17) is 9.47 Å². The van der Waals surface area contributed by atoms with Crippen molar-refractivity contribution >= 4 is 11.9 Å². The number of carbonyl (C=O) groups is 1. The van der Waals surface area contributed by atoms with Gasteiger partial charge in [-0.25, -0.2) is 0 Å². The summed E-state index contributed by atoms with van der Waals surface area (Å²) in [6, 6.07) is 18.4. The van der Waals surface area contributed by atoms with Crippen LogP contribution < -0.4 is 9.47 Å². The Kier molecular flexibility index (Phi) is 6.58. The largest absolute Gasteiger partial charge is 0.493 e. The molecule has 0 radical (unpaired) electrons. The fourth-order valence-electron chi connectivity index (χ4n) is 9.75. The van der Waals surface area contributed by atoms with Gasteiger partial charge in [-0.3, -0.25) is 4.79 Å². The van der Waals surface area contributed by atoms with Crippen LogP contribution >= 0.6 is 0 Å². The quantitative estimate of drug-likeness (QED) is 0.317. The van der Waals surface area contributed by atoms with Crippen molar-refractivity contribution in [2.45, 2.75) is 75.8 Å². The van der Waals surface area contributed by atoms with E-state index in [0.29, 0.717) is 35.9 Å². The van der Waals surface area contributed by atoms with Gasteiger partial charge in [-0.1, -0.05) is 43.7 Å². The maximum absolute atomic E-state index is 15.3. The Morgan fingerprint density at radius 3 is 2.33 bits per heavy atom. The van der Waals surface area contributed by atoms with Gasteiger partial charge in [-0.2, -0.15) is 10.5 Å². The summed E-state index contributed by atoms with van der Waals surface area (Å²) in [7, 11) is 1.61. The number of nitriles is 2. The standard InChI is InChI=1S/C36H39N3O3/c1-3-4-13-42-29-10-9-27(17-30(29)41-2)32-31(34(40)35-18-23-14-24(19-35)16-25(15-23)20-35)33-28-8-6-5-7-26(28)11-12-39(33)36(32,21-37)22-38/h5-12,17,23-25,31-33H,3-4,13-16,18-20H2,1-2H3. The smallest absolute Gasteiger partial charge is 0.222 e. The van der Waals surface area contributed by atoms with Crippen LogP contribution in [0.1, 0.15) is 86.9 Å². The predicted molar refractivity (Wildman–Crippen MR) is 159 cm³/mol. The maximum atomic E-state index is 15.3. The van der Waals surface area contributed by atoms with Crippen LogP contribution in [-0.2, 0) is 4.79 Å². The second kappa shape index (κ2) is 10.2. The average Bonchev–Trinajstić information content (AvgIpc) is 3.31. The highest BCUT2D eigenvalue weighted by atomic mass is 16.5. The van der Waals surface area contributed by atoms with Crippen LogP contribution in [0.5, 0.6) is 11.5 Å². The van der Waals surface area contributed by atoms with Gasteiger partial charge in [-0.05, 0) is 97.6 Å². The molecule has 42 heavy (non-hydrogen) atoms. The summed E-state index contributed by atoms with van der Waals surface area (Å²) in [5.74, 6) is 2.13. The number of methoxy groups -OCH3 is 1. The molecule has 2 aromatic carbocycles. The Balaban J connectivity index is 1.39. The van der Waals surface area contributed by atoms with Gasteiger partial charge < -0.3 is 14.4 Å². The van der Waals surface area contributed by atoms with Crippen LogP contribution in [0.25, 0.3) is 6.08 Å². The van der Waals surface area contributed by atoms with Gasteiger partial charge in [0.15, 0.2) is 11.5 Å². The molecule has 4 aliphatic carbocycles. The molecule has 6 nitrogen and oxygen atoms in total. The third kappa shape index (κ3) is 3.91. The third-order valence-electron chi connectivity index (χ3n) is 11.1. The van der Waals surface area contributed by atoms with E-state index >= 15 is 4.79 Å². The SMILES string of the molecule is CCCCOc1ccc(C2C(C(=O)C34CC5CC(CC(C5)C3)C4)C3c4ccccc4C=CN3C2(C#N)C#N)cc1OC. The Bertz CT molecular complexity index is 1460. The molecule has 2 aromatic rings. The average molecular weight is 562 g/mol. The summed E-state index contributed by atoms with van der Waals surface area (Å²) in [6.45, 7) is 2.70. The van der Waals surface area contributed by atoms with E-state index in [1.807, 2.05) is 47.5 Å². The summed E-state index contributed by atoms with van der Waals surface area (Å²) in [6.07, 6.45) is 12.4. The molecular weight excluding hydrogens is 522 g/mol. The number of hydrogen-bond acceptors (Lipinski definition) is 6. The number of carbonyl (C=O) groups excluding carboxylic acids is 1. The Hall–Kier alpha value is -3.77. The number of unbranched alkanes of at least 4 members (excludes halogenated alkanes) is 1. The van der Waals surface area contributed by atoms with Crippen LogP contribution in [0.15, 0.2) is 48.7 Å². The summed E-state index contributed by atoms with van der Waals surface area (Å²) < 4.78 is 11.8. The van der Waals surface area contributed by atoms with Gasteiger partial charge in [0.1, 0.15) is 17.9 Å². The number of Topliss-reactive ketones (excluding diaryl/α,β-unsaturated/α-hetero) is 1. The van der Waals surface area contributed by atoms with Crippen molar-refractivity contribution in [3.05, 3.63) is 65.4 Å². The Labute approximate surface area is 248 Å². The van der Waals surface area contributed by atoms with E-state index < -0.39 is 17.4 Å². The highest BCUT2D eigenvalue weighted by Crippen LogP contribution is 2.65. The normalized spacial score (nSPS) is 32.9. The van der Waals surface area contributed by atoms with Crippen molar-refractivity contribution in [3.63, 3.8) is 0 Å². The van der Waals surface area contributed by atoms with Crippen LogP contribution in [0.4, 0.5) is 0 Å². The molecule has 0 amide bonds. The fourth-order valence-corrected chi connectivity index (χ4v) is 9.75. The van der Waals surface area contributed by atoms with Crippen LogP contribution in [-0.4, -0.2) is 29.9 Å². The molecule has 0 aromatic heterocycles. The zero-order valence-corrected chi connectivity index (χ0v) is 24.6. The van der Waals surface area contributed by atoms with Gasteiger partial charge in [0, 0.05) is 17.5 Å². The van der Waals surface area contributed by atoms with Gasteiger partial charge in [-0.15, -0.1) is 0 Å². The highest BCUT2D eigenvalue weighted by Gasteiger charge is 2.67. The first-order valence-corrected chi connectivity index (χ1v) is 15.7. The molecule has 2 heterocycles. The van der Waals surface area contributed by atoms with Crippen molar-refractivity contribution in [2.75, 3.05) is 13.7 Å². The van der Waals surface area contributed by atoms with Gasteiger partial charge in [0.25, 0.3) is 0 Å². The maximum Gasteiger partial charge on any atom is 0.222 e. The molecule has 3 unspecified atom stereocenters. The van der Waals surface area contributed by atoms with Crippen molar-refractivity contribution in [1.82, 2.24) is 4.90 Å². The van der Waals surface area contributed by atoms with Gasteiger partial charge >= 0.3 is 0 Å². The second-order valence-corrected chi connectivity index (χ2v) is 13.5. The summed E-state index contributed by atoms with van der Waals surface area (Å²) in [5, 5.41) is 21.8. The van der Waals surface area contributed by atoms with E-state index in [2.05, 4.69) is 31.2 Å². The first kappa shape index (κ1) is 27.1. The summed E-state index contributed by atoms with van der Waals surface area (Å²) in [5.41, 5.74) is 0.929. The minimum Gasteiger partial charge on any atom is -0.493 e. The molecule has 6 heteroatoms. The monoisotopic (exact) mass is 561 g/mol. The molecule has 216 valence electrons. The molecular formula is C36H39N3O3. The molecule has 8 rings (SSSR count). The van der Waals surface area contributed by atoms with Crippen molar-refractivity contribution < 1.29 is 14.3 Å². The van der Waals surface area contributed by atoms with Gasteiger partial charge in [0.2, 0.25) is 5.54 Å². The zero-order valence-electron chi connectivity index (χ0n) is 24.6. The summed E-state index contributed by atoms with van der Waals surface area (Å²) in [4.78, 5) is 17.2. The first-order chi connectivity index (χ1) is 20.5. The predicted octanol–water partition coefficient (Wildman–Crippen LogP) is 7.19. The lowest BCUT2D eigenvalue weighted by Crippen LogP contribution is -2.52. The minimum atomic E-state index is -1.55. The van der Waals surface area contributed by atoms with Crippen molar-refractivity contribution in [3.8, 4) is 23.6 Å². The molecule has 1 saturated heterocycles. The van der Waals surface area contributed by atoms with Crippen LogP contribution in [0.2, 0.25) is 0 Å². The Morgan fingerprint density at radius 1 is 1.00 bits per heavy atom. The molecule has 0 N–H and O–H groups in total. The number of hydrogen-bond donors (Lipinski definition) is 0. The fraction of sp³-hybridized carbons (Fsp3) is 0.528. The number of fused-ring (bicyclic) bond motifs is 3. The molecule has 4 bridgehead atoms. The number of rotatable bonds is 8. The number of nitrogens with zero attached hydrogens (tertiary/aromatic N) is 3.